The Morgan fingerprint density at radius 2 is 1.75 bits per heavy atom. The van der Waals surface area contributed by atoms with Gasteiger partial charge in [0.25, 0.3) is 5.91 Å². The lowest BCUT2D eigenvalue weighted by Gasteiger charge is -2.12. The minimum absolute atomic E-state index is 0.171. The van der Waals surface area contributed by atoms with E-state index in [1.807, 2.05) is 6.92 Å². The third kappa shape index (κ3) is 3.26. The van der Waals surface area contributed by atoms with Crippen molar-refractivity contribution < 1.29 is 14.0 Å². The van der Waals surface area contributed by atoms with Gasteiger partial charge in [-0.15, -0.1) is 0 Å². The molecule has 5 nitrogen and oxygen atoms in total. The molecule has 0 atom stereocenters. The lowest BCUT2D eigenvalue weighted by atomic mass is 10.1. The molecule has 0 saturated heterocycles. The first kappa shape index (κ1) is 16.1. The fraction of sp³-hybridized carbons (Fsp3) is 0.111. The lowest BCUT2D eigenvalue weighted by molar-refractivity contribution is -0.114. The number of anilines is 2. The minimum Gasteiger partial charge on any atom is -0.451 e. The zero-order valence-corrected chi connectivity index (χ0v) is 13.9. The first-order chi connectivity index (χ1) is 11.4. The van der Waals surface area contributed by atoms with Gasteiger partial charge in [-0.3, -0.25) is 9.59 Å². The van der Waals surface area contributed by atoms with E-state index in [4.69, 9.17) is 16.0 Å². The zero-order chi connectivity index (χ0) is 17.3. The second kappa shape index (κ2) is 6.37. The van der Waals surface area contributed by atoms with Crippen LogP contribution in [-0.2, 0) is 4.79 Å². The molecule has 0 aliphatic rings. The van der Waals surface area contributed by atoms with E-state index in [0.29, 0.717) is 22.0 Å². The van der Waals surface area contributed by atoms with Crippen LogP contribution in [0.3, 0.4) is 0 Å². The Bertz CT molecular complexity index is 947. The number of nitrogens with one attached hydrogen (secondary N) is 2. The summed E-state index contributed by atoms with van der Waals surface area (Å²) in [6.45, 7) is 3.25. The molecule has 0 spiro atoms. The average molecular weight is 343 g/mol. The van der Waals surface area contributed by atoms with E-state index in [9.17, 15) is 9.59 Å². The fourth-order valence-electron chi connectivity index (χ4n) is 2.41. The molecule has 3 aromatic rings. The van der Waals surface area contributed by atoms with Crippen LogP contribution in [0.5, 0.6) is 0 Å². The van der Waals surface area contributed by atoms with Gasteiger partial charge >= 0.3 is 0 Å². The fourth-order valence-corrected chi connectivity index (χ4v) is 2.59. The summed E-state index contributed by atoms with van der Waals surface area (Å²) >= 11 is 5.94. The summed E-state index contributed by atoms with van der Waals surface area (Å²) in [5, 5.41) is 6.86. The molecule has 0 radical (unpaired) electrons. The molecule has 0 saturated carbocycles. The second-order valence-corrected chi connectivity index (χ2v) is 5.84. The van der Waals surface area contributed by atoms with Crippen LogP contribution in [0.25, 0.3) is 11.0 Å². The predicted molar refractivity (Wildman–Crippen MR) is 94.7 cm³/mol. The van der Waals surface area contributed by atoms with Crippen molar-refractivity contribution in [2.45, 2.75) is 13.8 Å². The highest BCUT2D eigenvalue weighted by Gasteiger charge is 2.15. The molecule has 2 N–H and O–H groups in total. The summed E-state index contributed by atoms with van der Waals surface area (Å²) in [6, 6.07) is 12.1. The van der Waals surface area contributed by atoms with Crippen LogP contribution in [0.2, 0.25) is 5.02 Å². The van der Waals surface area contributed by atoms with Gasteiger partial charge in [0.2, 0.25) is 5.91 Å². The van der Waals surface area contributed by atoms with E-state index in [0.717, 1.165) is 10.9 Å². The Morgan fingerprint density at radius 1 is 1.04 bits per heavy atom. The highest BCUT2D eigenvalue weighted by atomic mass is 35.5. The van der Waals surface area contributed by atoms with Crippen molar-refractivity contribution in [3.63, 3.8) is 0 Å². The molecule has 2 aromatic carbocycles. The van der Waals surface area contributed by atoms with Gasteiger partial charge in [0.05, 0.1) is 0 Å². The van der Waals surface area contributed by atoms with Gasteiger partial charge in [-0.05, 0) is 48.9 Å². The number of rotatable bonds is 3. The number of halogens is 1. The topological polar surface area (TPSA) is 71.3 Å². The van der Waals surface area contributed by atoms with Gasteiger partial charge in [0, 0.05) is 28.7 Å². The molecule has 0 bridgehead atoms. The van der Waals surface area contributed by atoms with Crippen LogP contribution in [0.4, 0.5) is 11.4 Å². The van der Waals surface area contributed by atoms with Gasteiger partial charge in [-0.25, -0.2) is 0 Å². The van der Waals surface area contributed by atoms with Gasteiger partial charge in [-0.1, -0.05) is 17.7 Å². The largest absolute Gasteiger partial charge is 0.451 e. The second-order valence-electron chi connectivity index (χ2n) is 5.41. The molecule has 3 rings (SSSR count). The molecule has 2 amide bonds. The van der Waals surface area contributed by atoms with Crippen molar-refractivity contribution >= 4 is 45.8 Å². The molecule has 0 fully saturated rings. The van der Waals surface area contributed by atoms with Crippen LogP contribution in [0, 0.1) is 6.92 Å². The molecular weight excluding hydrogens is 328 g/mol. The summed E-state index contributed by atoms with van der Waals surface area (Å²) in [6.07, 6.45) is 0. The van der Waals surface area contributed by atoms with E-state index >= 15 is 0 Å². The lowest BCUT2D eigenvalue weighted by Crippen LogP contribution is -2.13. The van der Waals surface area contributed by atoms with E-state index in [1.54, 1.807) is 42.5 Å². The number of hydrogen-bond acceptors (Lipinski definition) is 3. The maximum atomic E-state index is 12.4. The van der Waals surface area contributed by atoms with Crippen LogP contribution < -0.4 is 10.6 Å². The van der Waals surface area contributed by atoms with Crippen molar-refractivity contribution in [1.82, 2.24) is 0 Å². The van der Waals surface area contributed by atoms with Gasteiger partial charge in [0.15, 0.2) is 5.76 Å². The van der Waals surface area contributed by atoms with Gasteiger partial charge in [0.1, 0.15) is 5.58 Å². The zero-order valence-electron chi connectivity index (χ0n) is 13.1. The molecule has 0 aliphatic carbocycles. The summed E-state index contributed by atoms with van der Waals surface area (Å²) in [5.41, 5.74) is 2.61. The molecule has 1 heterocycles. The maximum Gasteiger partial charge on any atom is 0.291 e. The van der Waals surface area contributed by atoms with Crippen LogP contribution >= 0.6 is 11.6 Å². The van der Waals surface area contributed by atoms with Gasteiger partial charge in [-0.2, -0.15) is 0 Å². The van der Waals surface area contributed by atoms with Crippen molar-refractivity contribution in [3.05, 3.63) is 58.8 Å². The van der Waals surface area contributed by atoms with Crippen molar-refractivity contribution in [2.24, 2.45) is 0 Å². The number of hydrogen-bond donors (Lipinski definition) is 2. The van der Waals surface area contributed by atoms with E-state index in [1.165, 1.54) is 6.92 Å². The third-order valence-electron chi connectivity index (χ3n) is 3.59. The summed E-state index contributed by atoms with van der Waals surface area (Å²) in [7, 11) is 0. The van der Waals surface area contributed by atoms with Crippen molar-refractivity contribution in [1.29, 1.82) is 0 Å². The normalized spacial score (nSPS) is 10.6. The Morgan fingerprint density at radius 3 is 2.46 bits per heavy atom. The number of carbonyl (C=O) groups is 2. The molecule has 6 heteroatoms. The molecule has 0 aliphatic heterocycles. The van der Waals surface area contributed by atoms with E-state index < -0.39 is 0 Å². The number of amides is 2. The SMILES string of the molecule is CC(=O)Nc1cccc(NC(=O)c2cc3cc(Cl)ccc3o2)c1C. The van der Waals surface area contributed by atoms with Crippen LogP contribution in [-0.4, -0.2) is 11.8 Å². The summed E-state index contributed by atoms with van der Waals surface area (Å²) in [5.74, 6) is -0.349. The Kier molecular flexibility index (Phi) is 4.27. The summed E-state index contributed by atoms with van der Waals surface area (Å²) in [4.78, 5) is 23.7. The minimum atomic E-state index is -0.370. The van der Waals surface area contributed by atoms with Crippen molar-refractivity contribution in [2.75, 3.05) is 10.6 Å². The van der Waals surface area contributed by atoms with Gasteiger partial charge < -0.3 is 15.1 Å². The predicted octanol–water partition coefficient (Wildman–Crippen LogP) is 4.61. The molecule has 24 heavy (non-hydrogen) atoms. The first-order valence-corrected chi connectivity index (χ1v) is 7.69. The molecule has 122 valence electrons. The quantitative estimate of drug-likeness (QED) is 0.730. The highest BCUT2D eigenvalue weighted by molar-refractivity contribution is 6.31. The smallest absolute Gasteiger partial charge is 0.291 e. The Balaban J connectivity index is 1.87. The number of benzene rings is 2. The Hall–Kier alpha value is -2.79. The molecular formula is C18H15ClN2O3. The third-order valence-corrected chi connectivity index (χ3v) is 3.83. The number of fused-ring (bicyclic) bond motifs is 1. The van der Waals surface area contributed by atoms with Crippen LogP contribution in [0.15, 0.2) is 46.9 Å². The maximum absolute atomic E-state index is 12.4. The van der Waals surface area contributed by atoms with E-state index in [-0.39, 0.29) is 17.6 Å². The number of carbonyl (C=O) groups excluding carboxylic acids is 2. The standard InChI is InChI=1S/C18H15ClN2O3/c1-10-14(20-11(2)22)4-3-5-15(10)21-18(23)17-9-12-8-13(19)6-7-16(12)24-17/h3-9H,1-2H3,(H,20,22)(H,21,23). The number of furan rings is 1. The Labute approximate surface area is 143 Å². The monoisotopic (exact) mass is 342 g/mol. The average Bonchev–Trinajstić information content (AvgIpc) is 2.94. The highest BCUT2D eigenvalue weighted by Crippen LogP contribution is 2.26. The molecule has 1 aromatic heterocycles. The van der Waals surface area contributed by atoms with Crippen LogP contribution in [0.1, 0.15) is 23.0 Å². The first-order valence-electron chi connectivity index (χ1n) is 7.31. The van der Waals surface area contributed by atoms with Crippen molar-refractivity contribution in [3.8, 4) is 0 Å². The van der Waals surface area contributed by atoms with E-state index in [2.05, 4.69) is 10.6 Å². The summed E-state index contributed by atoms with van der Waals surface area (Å²) < 4.78 is 5.55. The molecule has 0 unspecified atom stereocenters.